The van der Waals surface area contributed by atoms with E-state index < -0.39 is 0 Å². The lowest BCUT2D eigenvalue weighted by molar-refractivity contribution is 0.401. The van der Waals surface area contributed by atoms with Crippen molar-refractivity contribution in [2.45, 2.75) is 26.3 Å². The van der Waals surface area contributed by atoms with Crippen LogP contribution in [0.3, 0.4) is 0 Å². The van der Waals surface area contributed by atoms with Crippen LogP contribution in [0.25, 0.3) is 0 Å². The Balaban J connectivity index is 2.66. The smallest absolute Gasteiger partial charge is 0.0375 e. The first kappa shape index (κ1) is 17.5. The fourth-order valence-corrected chi connectivity index (χ4v) is 2.98. The molecule has 1 aromatic rings. The maximum absolute atomic E-state index is 3.70. The average molecular weight is 342 g/mol. The van der Waals surface area contributed by atoms with E-state index in [4.69, 9.17) is 0 Å². The van der Waals surface area contributed by atoms with Gasteiger partial charge >= 0.3 is 0 Å². The molecule has 0 aliphatic heterocycles. The maximum atomic E-state index is 3.70. The lowest BCUT2D eigenvalue weighted by Crippen LogP contribution is -2.23. The molecule has 3 nitrogen and oxygen atoms in total. The molecule has 1 aromatic carbocycles. The molecule has 20 heavy (non-hydrogen) atoms. The molecule has 114 valence electrons. The van der Waals surface area contributed by atoms with E-state index in [1.807, 2.05) is 0 Å². The van der Waals surface area contributed by atoms with Gasteiger partial charge in [0.25, 0.3) is 0 Å². The van der Waals surface area contributed by atoms with Gasteiger partial charge < -0.3 is 15.1 Å². The molecule has 0 saturated carbocycles. The van der Waals surface area contributed by atoms with E-state index in [-0.39, 0.29) is 0 Å². The van der Waals surface area contributed by atoms with Crippen molar-refractivity contribution in [3.63, 3.8) is 0 Å². The van der Waals surface area contributed by atoms with Gasteiger partial charge in [-0.2, -0.15) is 0 Å². The van der Waals surface area contributed by atoms with Gasteiger partial charge in [-0.15, -0.1) is 0 Å². The Labute approximate surface area is 132 Å². The molecule has 0 spiro atoms. The SMILES string of the molecule is CCNC(C)c1ccc(N(C)CCCN(C)C)cc1Br. The van der Waals surface area contributed by atoms with Gasteiger partial charge in [-0.25, -0.2) is 0 Å². The third-order valence-corrected chi connectivity index (χ3v) is 4.19. The molecule has 0 fully saturated rings. The summed E-state index contributed by atoms with van der Waals surface area (Å²) < 4.78 is 1.18. The van der Waals surface area contributed by atoms with Crippen molar-refractivity contribution in [2.24, 2.45) is 0 Å². The van der Waals surface area contributed by atoms with Crippen LogP contribution >= 0.6 is 15.9 Å². The van der Waals surface area contributed by atoms with Crippen molar-refractivity contribution in [1.29, 1.82) is 0 Å². The number of benzene rings is 1. The Morgan fingerprint density at radius 2 is 1.90 bits per heavy atom. The van der Waals surface area contributed by atoms with Gasteiger partial charge in [0.1, 0.15) is 0 Å². The molecule has 1 atom stereocenters. The minimum atomic E-state index is 0.377. The minimum Gasteiger partial charge on any atom is -0.375 e. The number of hydrogen-bond acceptors (Lipinski definition) is 3. The second kappa shape index (κ2) is 8.65. The van der Waals surface area contributed by atoms with E-state index in [9.17, 15) is 0 Å². The standard InChI is InChI=1S/C16H28BrN3/c1-6-18-13(2)15-9-8-14(12-16(15)17)20(5)11-7-10-19(3)4/h8-9,12-13,18H,6-7,10-11H2,1-5H3. The van der Waals surface area contributed by atoms with Crippen LogP contribution in [0.15, 0.2) is 22.7 Å². The number of nitrogens with one attached hydrogen (secondary N) is 1. The number of anilines is 1. The van der Waals surface area contributed by atoms with Crippen molar-refractivity contribution in [3.8, 4) is 0 Å². The number of halogens is 1. The predicted molar refractivity (Wildman–Crippen MR) is 92.7 cm³/mol. The number of rotatable bonds is 8. The van der Waals surface area contributed by atoms with E-state index in [2.05, 4.69) is 84.2 Å². The molecule has 0 bridgehead atoms. The largest absolute Gasteiger partial charge is 0.375 e. The fourth-order valence-electron chi connectivity index (χ4n) is 2.27. The van der Waals surface area contributed by atoms with Crippen LogP contribution in [0, 0.1) is 0 Å². The summed E-state index contributed by atoms with van der Waals surface area (Å²) in [6.45, 7) is 7.52. The average Bonchev–Trinajstić information content (AvgIpc) is 2.38. The highest BCUT2D eigenvalue weighted by molar-refractivity contribution is 9.10. The van der Waals surface area contributed by atoms with Crippen LogP contribution in [-0.4, -0.2) is 45.7 Å². The topological polar surface area (TPSA) is 18.5 Å². The minimum absolute atomic E-state index is 0.377. The summed E-state index contributed by atoms with van der Waals surface area (Å²) in [7, 11) is 6.39. The zero-order chi connectivity index (χ0) is 15.1. The first-order valence-electron chi connectivity index (χ1n) is 7.34. The molecular weight excluding hydrogens is 314 g/mol. The monoisotopic (exact) mass is 341 g/mol. The lowest BCUT2D eigenvalue weighted by Gasteiger charge is -2.22. The van der Waals surface area contributed by atoms with Crippen LogP contribution in [-0.2, 0) is 0 Å². The Hall–Kier alpha value is -0.580. The number of nitrogens with zero attached hydrogens (tertiary/aromatic N) is 2. The number of hydrogen-bond donors (Lipinski definition) is 1. The summed E-state index contributed by atoms with van der Waals surface area (Å²) in [5, 5.41) is 3.45. The first-order chi connectivity index (χ1) is 9.45. The summed E-state index contributed by atoms with van der Waals surface area (Å²) in [6.07, 6.45) is 1.18. The maximum Gasteiger partial charge on any atom is 0.0375 e. The Morgan fingerprint density at radius 1 is 1.20 bits per heavy atom. The third-order valence-electron chi connectivity index (χ3n) is 3.50. The van der Waals surface area contributed by atoms with E-state index in [0.717, 1.165) is 19.6 Å². The Bertz CT molecular complexity index is 407. The van der Waals surface area contributed by atoms with Crippen molar-refractivity contribution in [1.82, 2.24) is 10.2 Å². The van der Waals surface area contributed by atoms with Crippen molar-refractivity contribution < 1.29 is 0 Å². The van der Waals surface area contributed by atoms with E-state index in [0.29, 0.717) is 6.04 Å². The summed E-state index contributed by atoms with van der Waals surface area (Å²) >= 11 is 3.70. The van der Waals surface area contributed by atoms with Gasteiger partial charge in [0.2, 0.25) is 0 Å². The van der Waals surface area contributed by atoms with E-state index >= 15 is 0 Å². The van der Waals surface area contributed by atoms with Crippen LogP contribution in [0.5, 0.6) is 0 Å². The molecule has 0 aliphatic rings. The molecule has 0 heterocycles. The highest BCUT2D eigenvalue weighted by Gasteiger charge is 2.10. The van der Waals surface area contributed by atoms with Gasteiger partial charge in [0.05, 0.1) is 0 Å². The quantitative estimate of drug-likeness (QED) is 0.780. The zero-order valence-electron chi connectivity index (χ0n) is 13.4. The molecular formula is C16H28BrN3. The van der Waals surface area contributed by atoms with Crippen LogP contribution < -0.4 is 10.2 Å². The lowest BCUT2D eigenvalue weighted by atomic mass is 10.1. The molecule has 1 N–H and O–H groups in total. The molecule has 0 radical (unpaired) electrons. The molecule has 0 aliphatic carbocycles. The van der Waals surface area contributed by atoms with Gasteiger partial charge in [-0.05, 0) is 58.2 Å². The predicted octanol–water partition coefficient (Wildman–Crippen LogP) is 3.51. The Kier molecular flexibility index (Phi) is 7.56. The summed E-state index contributed by atoms with van der Waals surface area (Å²) in [6, 6.07) is 7.03. The molecule has 0 amide bonds. The molecule has 0 saturated heterocycles. The summed E-state index contributed by atoms with van der Waals surface area (Å²) in [5.74, 6) is 0. The highest BCUT2D eigenvalue weighted by atomic mass is 79.9. The van der Waals surface area contributed by atoms with Gasteiger partial charge in [-0.3, -0.25) is 0 Å². The van der Waals surface area contributed by atoms with Gasteiger partial charge in [-0.1, -0.05) is 28.9 Å². The van der Waals surface area contributed by atoms with Crippen LogP contribution in [0.4, 0.5) is 5.69 Å². The van der Waals surface area contributed by atoms with Crippen molar-refractivity contribution in [3.05, 3.63) is 28.2 Å². The summed E-state index contributed by atoms with van der Waals surface area (Å²) in [5.41, 5.74) is 2.58. The van der Waals surface area contributed by atoms with Gasteiger partial charge in [0.15, 0.2) is 0 Å². The molecule has 1 unspecified atom stereocenters. The van der Waals surface area contributed by atoms with Crippen LogP contribution in [0.1, 0.15) is 31.9 Å². The van der Waals surface area contributed by atoms with Gasteiger partial charge in [0, 0.05) is 29.8 Å². The first-order valence-corrected chi connectivity index (χ1v) is 8.13. The third kappa shape index (κ3) is 5.43. The highest BCUT2D eigenvalue weighted by Crippen LogP contribution is 2.28. The second-order valence-electron chi connectivity index (χ2n) is 5.56. The van der Waals surface area contributed by atoms with E-state index in [1.54, 1.807) is 0 Å². The zero-order valence-corrected chi connectivity index (χ0v) is 15.0. The van der Waals surface area contributed by atoms with E-state index in [1.165, 1.54) is 22.1 Å². The van der Waals surface area contributed by atoms with Crippen molar-refractivity contribution >= 4 is 21.6 Å². The molecule has 4 heteroatoms. The van der Waals surface area contributed by atoms with Crippen LogP contribution in [0.2, 0.25) is 0 Å². The van der Waals surface area contributed by atoms with Crippen molar-refractivity contribution in [2.75, 3.05) is 45.7 Å². The molecule has 1 rings (SSSR count). The normalized spacial score (nSPS) is 12.8. The summed E-state index contributed by atoms with van der Waals surface area (Å²) in [4.78, 5) is 4.54. The fraction of sp³-hybridized carbons (Fsp3) is 0.625. The second-order valence-corrected chi connectivity index (χ2v) is 6.42. The Morgan fingerprint density at radius 3 is 2.45 bits per heavy atom. The molecule has 0 aromatic heterocycles.